The van der Waals surface area contributed by atoms with Gasteiger partial charge in [0.25, 0.3) is 0 Å². The van der Waals surface area contributed by atoms with E-state index in [4.69, 9.17) is 0 Å². The molecule has 0 saturated heterocycles. The Bertz CT molecular complexity index is 1770. The van der Waals surface area contributed by atoms with Crippen LogP contribution in [0.2, 0.25) is 0 Å². The van der Waals surface area contributed by atoms with Gasteiger partial charge >= 0.3 is 5.97 Å². The van der Waals surface area contributed by atoms with Crippen molar-refractivity contribution in [2.24, 2.45) is 0 Å². The zero-order valence-electron chi connectivity index (χ0n) is 27.9. The predicted molar refractivity (Wildman–Crippen MR) is 203 cm³/mol. The fourth-order valence-electron chi connectivity index (χ4n) is 6.61. The number of carboxylic acids is 1. The number of rotatable bonds is 14. The molecule has 0 spiro atoms. The molecule has 0 saturated carbocycles. The monoisotopic (exact) mass is 676 g/mol. The second kappa shape index (κ2) is 15.9. The van der Waals surface area contributed by atoms with Gasteiger partial charge in [0.2, 0.25) is 5.91 Å². The highest BCUT2D eigenvalue weighted by atomic mass is 32.2. The first kappa shape index (κ1) is 34.4. The van der Waals surface area contributed by atoms with Crippen LogP contribution in [0.25, 0.3) is 0 Å². The third-order valence-corrected chi connectivity index (χ3v) is 10.7. The number of nitrogens with one attached hydrogen (secondary N) is 2. The molecule has 0 aromatic heterocycles. The third-order valence-electron chi connectivity index (χ3n) is 9.06. The molecule has 6 rings (SSSR count). The van der Waals surface area contributed by atoms with E-state index < -0.39 is 34.2 Å². The Kier molecular flexibility index (Phi) is 10.9. The summed E-state index contributed by atoms with van der Waals surface area (Å²) in [5.41, 5.74) is 5.10. The smallest absolute Gasteiger partial charge is 0.325 e. The normalized spacial score (nSPS) is 12.8. The number of carbonyl (C=O) groups is 2. The van der Waals surface area contributed by atoms with Gasteiger partial charge in [0, 0.05) is 5.75 Å². The van der Waals surface area contributed by atoms with E-state index in [1.165, 1.54) is 6.92 Å². The molecule has 250 valence electrons. The maximum absolute atomic E-state index is 14.5. The predicted octanol–water partition coefficient (Wildman–Crippen LogP) is 8.25. The molecule has 0 aliphatic rings. The molecule has 0 heterocycles. The second-order valence-electron chi connectivity index (χ2n) is 12.2. The van der Waals surface area contributed by atoms with Crippen LogP contribution in [0.4, 0.5) is 0 Å². The van der Waals surface area contributed by atoms with Gasteiger partial charge < -0.3 is 10.4 Å². The highest BCUT2D eigenvalue weighted by molar-refractivity contribution is 8.00. The van der Waals surface area contributed by atoms with Crippen LogP contribution in [0.1, 0.15) is 40.3 Å². The molecule has 6 heteroatoms. The summed E-state index contributed by atoms with van der Waals surface area (Å²) < 4.78 is -0.697. The van der Waals surface area contributed by atoms with E-state index >= 15 is 0 Å². The van der Waals surface area contributed by atoms with Gasteiger partial charge in [-0.3, -0.25) is 14.9 Å². The largest absolute Gasteiger partial charge is 0.480 e. The summed E-state index contributed by atoms with van der Waals surface area (Å²) in [5, 5.41) is 16.5. The summed E-state index contributed by atoms with van der Waals surface area (Å²) in [6, 6.07) is 59.4. The SMILES string of the molecule is CC(NC(=O)C(CSC(c1ccccc1)(c1ccccc1)c1ccccc1)NC(c1ccccc1)(c1ccccc1)c1ccccc1)C(=O)O. The van der Waals surface area contributed by atoms with E-state index in [-0.39, 0.29) is 0 Å². The molecule has 2 atom stereocenters. The zero-order chi connectivity index (χ0) is 34.8. The van der Waals surface area contributed by atoms with Gasteiger partial charge in [-0.15, -0.1) is 11.8 Å². The van der Waals surface area contributed by atoms with Gasteiger partial charge in [0.05, 0.1) is 16.3 Å². The van der Waals surface area contributed by atoms with Crippen LogP contribution in [0, 0.1) is 0 Å². The van der Waals surface area contributed by atoms with E-state index in [2.05, 4.69) is 83.4 Å². The summed E-state index contributed by atoms with van der Waals surface area (Å²) in [6.07, 6.45) is 0. The van der Waals surface area contributed by atoms with Crippen molar-refractivity contribution in [2.45, 2.75) is 29.3 Å². The van der Waals surface area contributed by atoms with Gasteiger partial charge in [-0.2, -0.15) is 0 Å². The molecule has 6 aromatic rings. The lowest BCUT2D eigenvalue weighted by molar-refractivity contribution is -0.141. The number of thioether (sulfide) groups is 1. The molecule has 0 radical (unpaired) electrons. The number of benzene rings is 6. The lowest BCUT2D eigenvalue weighted by atomic mass is 9.76. The molecular weight excluding hydrogens is 637 g/mol. The molecule has 0 fully saturated rings. The zero-order valence-corrected chi connectivity index (χ0v) is 28.7. The first-order chi connectivity index (χ1) is 24.4. The van der Waals surface area contributed by atoms with Crippen LogP contribution in [0.3, 0.4) is 0 Å². The lowest BCUT2D eigenvalue weighted by Crippen LogP contribution is -2.58. The summed E-state index contributed by atoms with van der Waals surface area (Å²) in [6.45, 7) is 1.49. The van der Waals surface area contributed by atoms with Crippen LogP contribution < -0.4 is 10.6 Å². The Labute approximate surface area is 298 Å². The highest BCUT2D eigenvalue weighted by Crippen LogP contribution is 2.49. The van der Waals surface area contributed by atoms with Crippen molar-refractivity contribution in [2.75, 3.05) is 5.75 Å². The van der Waals surface area contributed by atoms with E-state index in [1.54, 1.807) is 11.8 Å². The highest BCUT2D eigenvalue weighted by Gasteiger charge is 2.43. The summed E-state index contributed by atoms with van der Waals surface area (Å²) in [4.78, 5) is 26.5. The first-order valence-electron chi connectivity index (χ1n) is 16.7. The van der Waals surface area contributed by atoms with Gasteiger partial charge in [0.15, 0.2) is 0 Å². The van der Waals surface area contributed by atoms with Crippen molar-refractivity contribution in [3.8, 4) is 0 Å². The molecule has 0 aliphatic carbocycles. The number of hydrogen-bond acceptors (Lipinski definition) is 4. The van der Waals surface area contributed by atoms with Crippen LogP contribution in [-0.4, -0.2) is 34.8 Å². The third kappa shape index (κ3) is 7.13. The maximum Gasteiger partial charge on any atom is 0.325 e. The number of carboxylic acid groups (broad SMARTS) is 1. The molecule has 3 N–H and O–H groups in total. The molecule has 0 aliphatic heterocycles. The molecule has 0 bridgehead atoms. The standard InChI is InChI=1S/C44H40N2O3S/c1-33(42(48)49)45-41(47)40(46-43(34-20-8-2-9-21-34,35-22-10-3-11-23-35)36-24-12-4-13-25-36)32-50-44(37-26-14-5-15-27-37,38-28-16-6-17-29-38)39-30-18-7-19-31-39/h2-31,33,40,46H,32H2,1H3,(H,45,47)(H,48,49). The molecule has 5 nitrogen and oxygen atoms in total. The first-order valence-corrected chi connectivity index (χ1v) is 17.7. The molecule has 1 amide bonds. The number of aliphatic carboxylic acids is 1. The minimum Gasteiger partial charge on any atom is -0.480 e. The summed E-state index contributed by atoms with van der Waals surface area (Å²) in [7, 11) is 0. The van der Waals surface area contributed by atoms with Crippen LogP contribution >= 0.6 is 11.8 Å². The van der Waals surface area contributed by atoms with Crippen molar-refractivity contribution in [1.82, 2.24) is 10.6 Å². The van der Waals surface area contributed by atoms with Crippen LogP contribution in [-0.2, 0) is 19.9 Å². The van der Waals surface area contributed by atoms with Crippen molar-refractivity contribution < 1.29 is 14.7 Å². The minimum atomic E-state index is -1.10. The average molecular weight is 677 g/mol. The Balaban J connectivity index is 1.54. The quantitative estimate of drug-likeness (QED) is 0.101. The van der Waals surface area contributed by atoms with E-state index in [0.717, 1.165) is 33.4 Å². The second-order valence-corrected chi connectivity index (χ2v) is 13.4. The maximum atomic E-state index is 14.5. The topological polar surface area (TPSA) is 78.4 Å². The Morgan fingerprint density at radius 2 is 0.840 bits per heavy atom. The summed E-state index contributed by atoms with van der Waals surface area (Å²) >= 11 is 1.66. The van der Waals surface area contributed by atoms with Crippen molar-refractivity contribution in [3.05, 3.63) is 215 Å². The van der Waals surface area contributed by atoms with Gasteiger partial charge in [0.1, 0.15) is 6.04 Å². The fraction of sp³-hybridized carbons (Fsp3) is 0.136. The fourth-order valence-corrected chi connectivity index (χ4v) is 8.17. The van der Waals surface area contributed by atoms with Crippen LogP contribution in [0.15, 0.2) is 182 Å². The molecular formula is C44H40N2O3S. The van der Waals surface area contributed by atoms with Crippen molar-refractivity contribution in [1.29, 1.82) is 0 Å². The van der Waals surface area contributed by atoms with Crippen molar-refractivity contribution in [3.63, 3.8) is 0 Å². The number of carbonyl (C=O) groups excluding carboxylic acids is 1. The van der Waals surface area contributed by atoms with Crippen LogP contribution in [0.5, 0.6) is 0 Å². The van der Waals surface area contributed by atoms with E-state index in [1.807, 2.05) is 109 Å². The molecule has 2 unspecified atom stereocenters. The summed E-state index contributed by atoms with van der Waals surface area (Å²) in [5.74, 6) is -1.20. The van der Waals surface area contributed by atoms with Gasteiger partial charge in [-0.05, 0) is 40.3 Å². The Hall–Kier alpha value is -5.43. The Morgan fingerprint density at radius 1 is 0.540 bits per heavy atom. The molecule has 50 heavy (non-hydrogen) atoms. The van der Waals surface area contributed by atoms with Crippen molar-refractivity contribution >= 4 is 23.6 Å². The van der Waals surface area contributed by atoms with Gasteiger partial charge in [-0.25, -0.2) is 0 Å². The van der Waals surface area contributed by atoms with Gasteiger partial charge in [-0.1, -0.05) is 182 Å². The number of amides is 1. The lowest BCUT2D eigenvalue weighted by Gasteiger charge is -2.41. The molecule has 6 aromatic carbocycles. The number of hydrogen-bond donors (Lipinski definition) is 3. The van der Waals surface area contributed by atoms with E-state index in [0.29, 0.717) is 5.75 Å². The average Bonchev–Trinajstić information content (AvgIpc) is 3.18. The Morgan fingerprint density at radius 3 is 1.14 bits per heavy atom. The van der Waals surface area contributed by atoms with E-state index in [9.17, 15) is 14.7 Å². The minimum absolute atomic E-state index is 0.297.